The van der Waals surface area contributed by atoms with Gasteiger partial charge in [-0.3, -0.25) is 4.79 Å². The SMILES string of the molecule is CC(C)(C)OC(=O)NC(CO)C(=O)N1Cc2[nH]c3ccccc3c2CC1C(=O)O. The van der Waals surface area contributed by atoms with E-state index >= 15 is 0 Å². The first-order valence-electron chi connectivity index (χ1n) is 9.33. The summed E-state index contributed by atoms with van der Waals surface area (Å²) in [6, 6.07) is 5.11. The number of H-pyrrole nitrogens is 1. The molecule has 29 heavy (non-hydrogen) atoms. The van der Waals surface area contributed by atoms with E-state index in [9.17, 15) is 24.6 Å². The number of carboxylic acid groups (broad SMARTS) is 1. The van der Waals surface area contributed by atoms with Crippen LogP contribution >= 0.6 is 0 Å². The molecule has 1 aliphatic heterocycles. The van der Waals surface area contributed by atoms with Crippen LogP contribution in [0.15, 0.2) is 24.3 Å². The number of aliphatic hydroxyl groups excluding tert-OH is 1. The molecule has 1 aliphatic rings. The second-order valence-electron chi connectivity index (χ2n) is 8.03. The first-order valence-corrected chi connectivity index (χ1v) is 9.33. The van der Waals surface area contributed by atoms with Crippen molar-refractivity contribution in [2.75, 3.05) is 6.61 Å². The summed E-state index contributed by atoms with van der Waals surface area (Å²) in [6.45, 7) is 4.37. The number of nitrogens with zero attached hydrogens (tertiary/aromatic N) is 1. The van der Waals surface area contributed by atoms with Gasteiger partial charge in [-0.05, 0) is 32.4 Å². The molecule has 0 radical (unpaired) electrons. The number of para-hydroxylation sites is 1. The van der Waals surface area contributed by atoms with Crippen LogP contribution in [-0.2, 0) is 27.3 Å². The van der Waals surface area contributed by atoms with E-state index in [1.165, 1.54) is 0 Å². The third kappa shape index (κ3) is 4.34. The second-order valence-corrected chi connectivity index (χ2v) is 8.03. The minimum atomic E-state index is -1.31. The van der Waals surface area contributed by atoms with Crippen molar-refractivity contribution in [2.24, 2.45) is 0 Å². The first kappa shape index (κ1) is 20.7. The van der Waals surface area contributed by atoms with Crippen LogP contribution in [0.25, 0.3) is 10.9 Å². The number of carboxylic acids is 1. The standard InChI is InChI=1S/C20H25N3O6/c1-20(2,3)29-19(28)22-15(10-24)17(25)23-9-14-12(8-16(23)18(26)27)11-6-4-5-7-13(11)21-14/h4-7,15-16,21,24H,8-10H2,1-3H3,(H,22,28)(H,26,27). The van der Waals surface area contributed by atoms with Gasteiger partial charge in [0.2, 0.25) is 5.91 Å². The van der Waals surface area contributed by atoms with E-state index in [-0.39, 0.29) is 13.0 Å². The highest BCUT2D eigenvalue weighted by atomic mass is 16.6. The van der Waals surface area contributed by atoms with Gasteiger partial charge in [0.15, 0.2) is 0 Å². The molecule has 2 heterocycles. The molecule has 4 N–H and O–H groups in total. The number of aliphatic carboxylic acids is 1. The van der Waals surface area contributed by atoms with Crippen molar-refractivity contribution in [3.63, 3.8) is 0 Å². The Morgan fingerprint density at radius 1 is 1.31 bits per heavy atom. The molecule has 0 fully saturated rings. The average Bonchev–Trinajstić information content (AvgIpc) is 3.00. The van der Waals surface area contributed by atoms with E-state index in [1.807, 2.05) is 24.3 Å². The molecule has 2 amide bonds. The highest BCUT2D eigenvalue weighted by Gasteiger charge is 2.39. The Morgan fingerprint density at radius 3 is 2.62 bits per heavy atom. The molecule has 0 aliphatic carbocycles. The number of amides is 2. The van der Waals surface area contributed by atoms with Crippen LogP contribution in [0.4, 0.5) is 4.79 Å². The molecule has 3 rings (SSSR count). The Hall–Kier alpha value is -3.07. The van der Waals surface area contributed by atoms with Gasteiger partial charge >= 0.3 is 12.1 Å². The predicted molar refractivity (Wildman–Crippen MR) is 104 cm³/mol. The Morgan fingerprint density at radius 2 is 2.00 bits per heavy atom. The summed E-state index contributed by atoms with van der Waals surface area (Å²) < 4.78 is 5.12. The molecule has 1 aromatic heterocycles. The van der Waals surface area contributed by atoms with Crippen LogP contribution in [0, 0.1) is 0 Å². The van der Waals surface area contributed by atoms with Crippen LogP contribution in [0.3, 0.4) is 0 Å². The normalized spacial score (nSPS) is 17.5. The average molecular weight is 403 g/mol. The van der Waals surface area contributed by atoms with Crippen LogP contribution in [0.1, 0.15) is 32.0 Å². The number of ether oxygens (including phenoxy) is 1. The minimum absolute atomic E-state index is 0.0340. The number of hydrogen-bond donors (Lipinski definition) is 4. The Labute approximate surface area is 167 Å². The van der Waals surface area contributed by atoms with E-state index in [0.29, 0.717) is 0 Å². The molecule has 2 atom stereocenters. The smallest absolute Gasteiger partial charge is 0.408 e. The molecule has 2 unspecified atom stereocenters. The lowest BCUT2D eigenvalue weighted by molar-refractivity contribution is -0.152. The second kappa shape index (κ2) is 7.75. The summed E-state index contributed by atoms with van der Waals surface area (Å²) in [6.07, 6.45) is -0.731. The number of alkyl carbamates (subject to hydrolysis) is 1. The van der Waals surface area contributed by atoms with Crippen LogP contribution in [-0.4, -0.2) is 62.4 Å². The van der Waals surface area contributed by atoms with Crippen molar-refractivity contribution in [2.45, 2.75) is 51.4 Å². The summed E-state index contributed by atoms with van der Waals surface area (Å²) in [7, 11) is 0. The third-order valence-corrected chi connectivity index (χ3v) is 4.74. The maximum atomic E-state index is 13.0. The van der Waals surface area contributed by atoms with Crippen LogP contribution < -0.4 is 5.32 Å². The van der Waals surface area contributed by atoms with Crippen molar-refractivity contribution >= 4 is 28.9 Å². The lowest BCUT2D eigenvalue weighted by Gasteiger charge is -2.35. The van der Waals surface area contributed by atoms with Crippen molar-refractivity contribution in [3.8, 4) is 0 Å². The Bertz CT molecular complexity index is 945. The maximum absolute atomic E-state index is 13.0. The van der Waals surface area contributed by atoms with E-state index in [2.05, 4.69) is 10.3 Å². The number of aromatic amines is 1. The van der Waals surface area contributed by atoms with E-state index in [0.717, 1.165) is 27.1 Å². The zero-order valence-electron chi connectivity index (χ0n) is 16.6. The van der Waals surface area contributed by atoms with Crippen molar-refractivity contribution < 1.29 is 29.3 Å². The van der Waals surface area contributed by atoms with E-state index < -0.39 is 42.3 Å². The molecular weight excluding hydrogens is 378 g/mol. The largest absolute Gasteiger partial charge is 0.480 e. The van der Waals surface area contributed by atoms with Crippen LogP contribution in [0.5, 0.6) is 0 Å². The zero-order chi connectivity index (χ0) is 21.3. The lowest BCUT2D eigenvalue weighted by Crippen LogP contribution is -2.57. The number of benzene rings is 1. The van der Waals surface area contributed by atoms with Gasteiger partial charge < -0.3 is 30.2 Å². The van der Waals surface area contributed by atoms with Gasteiger partial charge in [0, 0.05) is 23.0 Å². The third-order valence-electron chi connectivity index (χ3n) is 4.74. The topological polar surface area (TPSA) is 132 Å². The highest BCUT2D eigenvalue weighted by molar-refractivity contribution is 5.92. The molecule has 1 aromatic carbocycles. The summed E-state index contributed by atoms with van der Waals surface area (Å²) in [5.74, 6) is -1.83. The summed E-state index contributed by atoms with van der Waals surface area (Å²) >= 11 is 0. The highest BCUT2D eigenvalue weighted by Crippen LogP contribution is 2.30. The molecule has 0 spiro atoms. The van der Waals surface area contributed by atoms with Crippen molar-refractivity contribution in [1.29, 1.82) is 0 Å². The number of fused-ring (bicyclic) bond motifs is 3. The fourth-order valence-electron chi connectivity index (χ4n) is 3.50. The molecule has 2 aromatic rings. The Kier molecular flexibility index (Phi) is 5.52. The van der Waals surface area contributed by atoms with Gasteiger partial charge in [0.25, 0.3) is 0 Å². The molecule has 0 saturated heterocycles. The summed E-state index contributed by atoms with van der Waals surface area (Å²) in [4.78, 5) is 41.3. The summed E-state index contributed by atoms with van der Waals surface area (Å²) in [5, 5.41) is 22.6. The molecule has 9 nitrogen and oxygen atoms in total. The number of nitrogens with one attached hydrogen (secondary N) is 2. The maximum Gasteiger partial charge on any atom is 0.408 e. The molecule has 156 valence electrons. The molecule has 9 heteroatoms. The number of aliphatic hydroxyl groups is 1. The van der Waals surface area contributed by atoms with E-state index in [4.69, 9.17) is 4.74 Å². The fraction of sp³-hybridized carbons (Fsp3) is 0.450. The fourth-order valence-corrected chi connectivity index (χ4v) is 3.50. The quantitative estimate of drug-likeness (QED) is 0.610. The monoisotopic (exact) mass is 403 g/mol. The summed E-state index contributed by atoms with van der Waals surface area (Å²) in [5.41, 5.74) is 1.69. The van der Waals surface area contributed by atoms with Gasteiger partial charge in [0.05, 0.1) is 13.2 Å². The minimum Gasteiger partial charge on any atom is -0.480 e. The number of rotatable bonds is 4. The van der Waals surface area contributed by atoms with Crippen molar-refractivity contribution in [3.05, 3.63) is 35.5 Å². The lowest BCUT2D eigenvalue weighted by atomic mass is 9.96. The Balaban J connectivity index is 1.86. The molecule has 0 saturated carbocycles. The van der Waals surface area contributed by atoms with Crippen LogP contribution in [0.2, 0.25) is 0 Å². The predicted octanol–water partition coefficient (Wildman–Crippen LogP) is 1.39. The van der Waals surface area contributed by atoms with Gasteiger partial charge in [-0.1, -0.05) is 18.2 Å². The van der Waals surface area contributed by atoms with Gasteiger partial charge in [-0.2, -0.15) is 0 Å². The molecule has 0 bridgehead atoms. The zero-order valence-corrected chi connectivity index (χ0v) is 16.6. The first-order chi connectivity index (χ1) is 13.6. The number of carbonyl (C=O) groups excluding carboxylic acids is 2. The number of hydrogen-bond acceptors (Lipinski definition) is 5. The van der Waals surface area contributed by atoms with Gasteiger partial charge in [0.1, 0.15) is 17.7 Å². The van der Waals surface area contributed by atoms with E-state index in [1.54, 1.807) is 20.8 Å². The van der Waals surface area contributed by atoms with Gasteiger partial charge in [-0.15, -0.1) is 0 Å². The van der Waals surface area contributed by atoms with Crippen molar-refractivity contribution in [1.82, 2.24) is 15.2 Å². The number of carbonyl (C=O) groups is 3. The number of aromatic nitrogens is 1. The van der Waals surface area contributed by atoms with Gasteiger partial charge in [-0.25, -0.2) is 9.59 Å². The molecular formula is C20H25N3O6.